The Labute approximate surface area is 159 Å². The SMILES string of the molecule is C#CCCC(=O)N1CC2CC(NC(=O)c3cccc(S(N)(=O)=O)c3C)C1C2. The van der Waals surface area contributed by atoms with E-state index in [0.717, 1.165) is 12.8 Å². The number of nitrogens with two attached hydrogens (primary N) is 1. The molecule has 0 radical (unpaired) electrons. The number of fused-ring (bicyclic) bond motifs is 2. The minimum Gasteiger partial charge on any atom is -0.347 e. The number of rotatable bonds is 5. The predicted octanol–water partition coefficient (Wildman–Crippen LogP) is 0.775. The molecule has 2 bridgehead atoms. The summed E-state index contributed by atoms with van der Waals surface area (Å²) < 4.78 is 23.3. The molecule has 1 heterocycles. The van der Waals surface area contributed by atoms with E-state index in [1.54, 1.807) is 13.0 Å². The van der Waals surface area contributed by atoms with Crippen LogP contribution in [0.25, 0.3) is 0 Å². The van der Waals surface area contributed by atoms with Crippen LogP contribution in [0.2, 0.25) is 0 Å². The number of carbonyl (C=O) groups is 2. The van der Waals surface area contributed by atoms with Crippen LogP contribution < -0.4 is 10.5 Å². The van der Waals surface area contributed by atoms with Crippen molar-refractivity contribution in [2.45, 2.75) is 49.6 Å². The van der Waals surface area contributed by atoms with E-state index in [9.17, 15) is 18.0 Å². The van der Waals surface area contributed by atoms with Crippen molar-refractivity contribution in [1.82, 2.24) is 10.2 Å². The fourth-order valence-electron chi connectivity index (χ4n) is 4.20. The summed E-state index contributed by atoms with van der Waals surface area (Å²) in [4.78, 5) is 26.9. The zero-order chi connectivity index (χ0) is 19.8. The van der Waals surface area contributed by atoms with E-state index >= 15 is 0 Å². The maximum absolute atomic E-state index is 12.7. The second-order valence-electron chi connectivity index (χ2n) is 7.21. The van der Waals surface area contributed by atoms with Gasteiger partial charge < -0.3 is 10.2 Å². The number of likely N-dealkylation sites (tertiary alicyclic amines) is 1. The lowest BCUT2D eigenvalue weighted by atomic mass is 10.0. The van der Waals surface area contributed by atoms with Gasteiger partial charge in [-0.2, -0.15) is 0 Å². The summed E-state index contributed by atoms with van der Waals surface area (Å²) in [7, 11) is -3.90. The zero-order valence-electron chi connectivity index (χ0n) is 15.1. The van der Waals surface area contributed by atoms with Gasteiger partial charge in [0.2, 0.25) is 15.9 Å². The summed E-state index contributed by atoms with van der Waals surface area (Å²) in [6.07, 6.45) is 7.63. The number of piperidine rings is 1. The summed E-state index contributed by atoms with van der Waals surface area (Å²) in [6.45, 7) is 2.27. The highest BCUT2D eigenvalue weighted by atomic mass is 32.2. The Morgan fingerprint density at radius 3 is 2.74 bits per heavy atom. The van der Waals surface area contributed by atoms with Gasteiger partial charge in [0.05, 0.1) is 10.9 Å². The molecule has 1 aliphatic carbocycles. The highest BCUT2D eigenvalue weighted by Crippen LogP contribution is 2.38. The molecule has 1 saturated carbocycles. The van der Waals surface area contributed by atoms with Crippen LogP contribution in [0, 0.1) is 25.2 Å². The van der Waals surface area contributed by atoms with Crippen LogP contribution in [-0.4, -0.2) is 43.8 Å². The van der Waals surface area contributed by atoms with Gasteiger partial charge in [0.25, 0.3) is 5.91 Å². The third-order valence-corrected chi connectivity index (χ3v) is 6.49. The van der Waals surface area contributed by atoms with Gasteiger partial charge in [0.1, 0.15) is 0 Å². The van der Waals surface area contributed by atoms with Crippen molar-refractivity contribution in [1.29, 1.82) is 0 Å². The van der Waals surface area contributed by atoms with E-state index in [1.807, 2.05) is 4.90 Å². The van der Waals surface area contributed by atoms with Crippen LogP contribution in [0.3, 0.4) is 0 Å². The molecule has 2 fully saturated rings. The monoisotopic (exact) mass is 389 g/mol. The molecule has 2 amide bonds. The second kappa shape index (κ2) is 7.33. The van der Waals surface area contributed by atoms with Crippen molar-refractivity contribution in [3.8, 4) is 12.3 Å². The molecule has 144 valence electrons. The number of nitrogens with zero attached hydrogens (tertiary/aromatic N) is 1. The number of nitrogens with one attached hydrogen (secondary N) is 1. The Bertz CT molecular complexity index is 919. The number of hydrogen-bond acceptors (Lipinski definition) is 4. The van der Waals surface area contributed by atoms with Crippen LogP contribution in [0.5, 0.6) is 0 Å². The van der Waals surface area contributed by atoms with Gasteiger partial charge in [-0.15, -0.1) is 12.3 Å². The number of sulfonamides is 1. The highest BCUT2D eigenvalue weighted by Gasteiger charge is 2.47. The molecular formula is C19H23N3O4S. The minimum absolute atomic E-state index is 0.0202. The van der Waals surface area contributed by atoms with Gasteiger partial charge in [-0.05, 0) is 43.4 Å². The van der Waals surface area contributed by atoms with Crippen molar-refractivity contribution < 1.29 is 18.0 Å². The average molecular weight is 389 g/mol. The molecule has 1 aromatic carbocycles. The number of benzene rings is 1. The summed E-state index contributed by atoms with van der Waals surface area (Å²) in [6, 6.07) is 4.26. The number of carbonyl (C=O) groups excluding carboxylic acids is 2. The van der Waals surface area contributed by atoms with Gasteiger partial charge in [-0.3, -0.25) is 9.59 Å². The third kappa shape index (κ3) is 3.84. The van der Waals surface area contributed by atoms with Crippen LogP contribution in [0.1, 0.15) is 41.6 Å². The van der Waals surface area contributed by atoms with E-state index in [1.165, 1.54) is 12.1 Å². The molecule has 27 heavy (non-hydrogen) atoms. The standard InChI is InChI=1S/C19H23N3O4S/c1-3-4-8-18(23)22-11-13-9-15(16(22)10-13)21-19(24)14-6-5-7-17(12(14)2)27(20,25)26/h1,5-7,13,15-16H,4,8-11H2,2H3,(H,21,24)(H2,20,25,26). The second-order valence-corrected chi connectivity index (χ2v) is 8.74. The Kier molecular flexibility index (Phi) is 5.27. The number of primary sulfonamides is 1. The number of amides is 2. The molecule has 3 N–H and O–H groups in total. The molecule has 2 aliphatic rings. The van der Waals surface area contributed by atoms with E-state index in [-0.39, 0.29) is 34.4 Å². The molecule has 3 rings (SSSR count). The van der Waals surface area contributed by atoms with Gasteiger partial charge in [0, 0.05) is 31.0 Å². The lowest BCUT2D eigenvalue weighted by Gasteiger charge is -2.34. The van der Waals surface area contributed by atoms with Crippen LogP contribution >= 0.6 is 0 Å². The lowest BCUT2D eigenvalue weighted by molar-refractivity contribution is -0.133. The quantitative estimate of drug-likeness (QED) is 0.725. The van der Waals surface area contributed by atoms with E-state index in [0.29, 0.717) is 30.9 Å². The van der Waals surface area contributed by atoms with E-state index in [2.05, 4.69) is 11.2 Å². The summed E-state index contributed by atoms with van der Waals surface area (Å²) in [5, 5.41) is 8.19. The van der Waals surface area contributed by atoms with Crippen molar-refractivity contribution in [3.05, 3.63) is 29.3 Å². The summed E-state index contributed by atoms with van der Waals surface area (Å²) in [5.74, 6) is 2.51. The van der Waals surface area contributed by atoms with Gasteiger partial charge in [-0.1, -0.05) is 6.07 Å². The van der Waals surface area contributed by atoms with Crippen molar-refractivity contribution >= 4 is 21.8 Å². The van der Waals surface area contributed by atoms with Crippen molar-refractivity contribution in [2.24, 2.45) is 11.1 Å². The third-order valence-electron chi connectivity index (χ3n) is 5.44. The molecule has 7 nitrogen and oxygen atoms in total. The van der Waals surface area contributed by atoms with Crippen LogP contribution in [0.4, 0.5) is 0 Å². The van der Waals surface area contributed by atoms with Crippen molar-refractivity contribution in [2.75, 3.05) is 6.54 Å². The topological polar surface area (TPSA) is 110 Å². The van der Waals surface area contributed by atoms with Crippen molar-refractivity contribution in [3.63, 3.8) is 0 Å². The average Bonchev–Trinajstić information content (AvgIpc) is 3.19. The molecular weight excluding hydrogens is 366 g/mol. The van der Waals surface area contributed by atoms with Gasteiger partial charge >= 0.3 is 0 Å². The van der Waals surface area contributed by atoms with E-state index in [4.69, 9.17) is 11.6 Å². The normalized spacial score (nSPS) is 23.9. The maximum atomic E-state index is 12.7. The van der Waals surface area contributed by atoms with Crippen LogP contribution in [0.15, 0.2) is 23.1 Å². The first-order valence-corrected chi connectivity index (χ1v) is 10.4. The predicted molar refractivity (Wildman–Crippen MR) is 100 cm³/mol. The lowest BCUT2D eigenvalue weighted by Crippen LogP contribution is -2.52. The molecule has 1 aromatic rings. The summed E-state index contributed by atoms with van der Waals surface area (Å²) in [5.41, 5.74) is 0.595. The Hall–Kier alpha value is -2.37. The maximum Gasteiger partial charge on any atom is 0.251 e. The van der Waals surface area contributed by atoms with Crippen LogP contribution in [-0.2, 0) is 14.8 Å². The van der Waals surface area contributed by atoms with Gasteiger partial charge in [0.15, 0.2) is 0 Å². The molecule has 1 saturated heterocycles. The molecule has 0 spiro atoms. The molecule has 1 aliphatic heterocycles. The Morgan fingerprint density at radius 1 is 1.37 bits per heavy atom. The molecule has 3 atom stereocenters. The first kappa shape index (κ1) is 19.4. The Morgan fingerprint density at radius 2 is 2.11 bits per heavy atom. The fourth-order valence-corrected chi connectivity index (χ4v) is 5.01. The molecule has 0 aromatic heterocycles. The first-order valence-electron chi connectivity index (χ1n) is 8.88. The number of hydrogen-bond donors (Lipinski definition) is 2. The number of terminal acetylenes is 1. The smallest absolute Gasteiger partial charge is 0.251 e. The van der Waals surface area contributed by atoms with E-state index < -0.39 is 10.0 Å². The Balaban J connectivity index is 1.74. The molecule has 3 unspecified atom stereocenters. The first-order chi connectivity index (χ1) is 12.7. The van der Waals surface area contributed by atoms with Gasteiger partial charge in [-0.25, -0.2) is 13.6 Å². The molecule has 8 heteroatoms. The summed E-state index contributed by atoms with van der Waals surface area (Å²) >= 11 is 0. The zero-order valence-corrected chi connectivity index (χ0v) is 16.0. The highest BCUT2D eigenvalue weighted by molar-refractivity contribution is 7.89. The largest absolute Gasteiger partial charge is 0.347 e. The fraction of sp³-hybridized carbons (Fsp3) is 0.474. The minimum atomic E-state index is -3.90.